The van der Waals surface area contributed by atoms with Gasteiger partial charge in [0.1, 0.15) is 12.3 Å². The molecule has 3 rings (SSSR count). The summed E-state index contributed by atoms with van der Waals surface area (Å²) in [6.07, 6.45) is 3.07. The van der Waals surface area contributed by atoms with Crippen molar-refractivity contribution in [3.8, 4) is 0 Å². The molecule has 150 valence electrons. The average molecular weight is 387 g/mol. The van der Waals surface area contributed by atoms with E-state index in [4.69, 9.17) is 8.83 Å². The zero-order valence-electron chi connectivity index (χ0n) is 15.9. The van der Waals surface area contributed by atoms with Crippen LogP contribution >= 0.6 is 0 Å². The fourth-order valence-electron chi connectivity index (χ4n) is 2.90. The number of hydrogen-bond acceptors (Lipinski definition) is 5. The molecule has 0 spiro atoms. The van der Waals surface area contributed by atoms with Gasteiger partial charge in [-0.05, 0) is 31.2 Å². The Hall–Kier alpha value is -3.23. The maximum atomic E-state index is 12.4. The number of piperazine rings is 1. The Bertz CT molecular complexity index is 777. The summed E-state index contributed by atoms with van der Waals surface area (Å²) in [5.41, 5.74) is 0. The van der Waals surface area contributed by atoms with Gasteiger partial charge in [0.2, 0.25) is 5.91 Å². The van der Waals surface area contributed by atoms with Gasteiger partial charge in [-0.1, -0.05) is 0 Å². The first kappa shape index (κ1) is 19.5. The van der Waals surface area contributed by atoms with Gasteiger partial charge in [0.15, 0.2) is 11.7 Å². The number of nitrogens with zero attached hydrogens (tertiary/aromatic N) is 3. The van der Waals surface area contributed by atoms with Gasteiger partial charge in [-0.3, -0.25) is 9.59 Å². The van der Waals surface area contributed by atoms with Crippen LogP contribution in [0.25, 0.3) is 0 Å². The standard InChI is InChI=1S/C19H25N5O4/c1-2-20-19(22-14-17(25)21-13-15-5-3-11-27-15)24-9-7-23(8-10-24)18(26)16-6-4-12-28-16/h3-6,11-12H,2,7-10,13-14H2,1H3,(H,20,22)(H,21,25). The van der Waals surface area contributed by atoms with Crippen LogP contribution in [0.2, 0.25) is 0 Å². The minimum atomic E-state index is -0.182. The lowest BCUT2D eigenvalue weighted by molar-refractivity contribution is -0.119. The fourth-order valence-corrected chi connectivity index (χ4v) is 2.90. The Morgan fingerprint density at radius 1 is 1.04 bits per heavy atom. The van der Waals surface area contributed by atoms with Crippen LogP contribution in [0.4, 0.5) is 0 Å². The number of furan rings is 2. The molecule has 28 heavy (non-hydrogen) atoms. The van der Waals surface area contributed by atoms with Crippen molar-refractivity contribution in [2.45, 2.75) is 13.5 Å². The summed E-state index contributed by atoms with van der Waals surface area (Å²) >= 11 is 0. The maximum absolute atomic E-state index is 12.4. The monoisotopic (exact) mass is 387 g/mol. The van der Waals surface area contributed by atoms with Gasteiger partial charge in [0.05, 0.1) is 19.1 Å². The molecule has 9 nitrogen and oxygen atoms in total. The van der Waals surface area contributed by atoms with Crippen LogP contribution in [-0.4, -0.2) is 66.8 Å². The van der Waals surface area contributed by atoms with Crippen LogP contribution in [0.5, 0.6) is 0 Å². The van der Waals surface area contributed by atoms with Gasteiger partial charge < -0.3 is 29.3 Å². The number of carbonyl (C=O) groups excluding carboxylic acids is 2. The summed E-state index contributed by atoms with van der Waals surface area (Å²) in [7, 11) is 0. The van der Waals surface area contributed by atoms with Gasteiger partial charge in [-0.2, -0.15) is 0 Å². The van der Waals surface area contributed by atoms with E-state index in [1.807, 2.05) is 6.92 Å². The van der Waals surface area contributed by atoms with E-state index in [2.05, 4.69) is 20.5 Å². The smallest absolute Gasteiger partial charge is 0.289 e. The van der Waals surface area contributed by atoms with Crippen molar-refractivity contribution >= 4 is 17.8 Å². The second-order valence-corrected chi connectivity index (χ2v) is 6.28. The Labute approximate surface area is 163 Å². The first-order chi connectivity index (χ1) is 13.7. The number of rotatable bonds is 6. The number of guanidine groups is 1. The molecule has 0 aliphatic carbocycles. The number of nitrogens with one attached hydrogen (secondary N) is 2. The molecule has 0 bridgehead atoms. The van der Waals surface area contributed by atoms with Gasteiger partial charge in [0, 0.05) is 32.7 Å². The largest absolute Gasteiger partial charge is 0.467 e. The molecule has 2 aromatic heterocycles. The quantitative estimate of drug-likeness (QED) is 0.564. The average Bonchev–Trinajstić information content (AvgIpc) is 3.43. The molecule has 0 radical (unpaired) electrons. The number of carbonyl (C=O) groups is 2. The highest BCUT2D eigenvalue weighted by Crippen LogP contribution is 2.09. The molecule has 2 amide bonds. The lowest BCUT2D eigenvalue weighted by Gasteiger charge is -2.36. The van der Waals surface area contributed by atoms with Gasteiger partial charge in [-0.25, -0.2) is 4.99 Å². The molecule has 9 heteroatoms. The van der Waals surface area contributed by atoms with Crippen LogP contribution in [0, 0.1) is 0 Å². The lowest BCUT2D eigenvalue weighted by atomic mass is 10.3. The lowest BCUT2D eigenvalue weighted by Crippen LogP contribution is -2.54. The molecule has 3 heterocycles. The Balaban J connectivity index is 1.50. The van der Waals surface area contributed by atoms with E-state index in [0.29, 0.717) is 56.7 Å². The number of hydrogen-bond donors (Lipinski definition) is 2. The van der Waals surface area contributed by atoms with Crippen LogP contribution in [0.3, 0.4) is 0 Å². The molecule has 0 saturated carbocycles. The minimum absolute atomic E-state index is 0.0224. The first-order valence-corrected chi connectivity index (χ1v) is 9.32. The van der Waals surface area contributed by atoms with Crippen LogP contribution in [0.15, 0.2) is 50.6 Å². The van der Waals surface area contributed by atoms with Crippen LogP contribution in [-0.2, 0) is 11.3 Å². The highest BCUT2D eigenvalue weighted by atomic mass is 16.3. The summed E-state index contributed by atoms with van der Waals surface area (Å²) in [5.74, 6) is 1.42. The molecule has 0 aromatic carbocycles. The minimum Gasteiger partial charge on any atom is -0.467 e. The fraction of sp³-hybridized carbons (Fsp3) is 0.421. The summed E-state index contributed by atoms with van der Waals surface area (Å²) in [6, 6.07) is 6.95. The third-order valence-electron chi connectivity index (χ3n) is 4.35. The summed E-state index contributed by atoms with van der Waals surface area (Å²) < 4.78 is 10.4. The molecule has 2 aromatic rings. The highest BCUT2D eigenvalue weighted by molar-refractivity contribution is 5.91. The molecule has 0 unspecified atom stereocenters. The zero-order valence-corrected chi connectivity index (χ0v) is 15.9. The Morgan fingerprint density at radius 3 is 2.39 bits per heavy atom. The van der Waals surface area contributed by atoms with Crippen molar-refractivity contribution in [1.29, 1.82) is 0 Å². The second kappa shape index (κ2) is 9.63. The van der Waals surface area contributed by atoms with Gasteiger partial charge in [0.25, 0.3) is 5.91 Å². The Kier molecular flexibility index (Phi) is 6.72. The van der Waals surface area contributed by atoms with E-state index in [1.165, 1.54) is 6.26 Å². The van der Waals surface area contributed by atoms with Gasteiger partial charge >= 0.3 is 0 Å². The van der Waals surface area contributed by atoms with E-state index in [-0.39, 0.29) is 18.4 Å². The molecule has 1 aliphatic rings. The number of aliphatic imine (C=N–C) groups is 1. The molecule has 0 atom stereocenters. The third kappa shape index (κ3) is 5.15. The molecular formula is C19H25N5O4. The number of amides is 2. The van der Waals surface area contributed by atoms with Gasteiger partial charge in [-0.15, -0.1) is 0 Å². The van der Waals surface area contributed by atoms with Crippen molar-refractivity contribution in [3.63, 3.8) is 0 Å². The summed E-state index contributed by atoms with van der Waals surface area (Å²) in [5, 5.41) is 5.98. The van der Waals surface area contributed by atoms with E-state index >= 15 is 0 Å². The summed E-state index contributed by atoms with van der Waals surface area (Å²) in [6.45, 7) is 5.42. The van der Waals surface area contributed by atoms with E-state index in [1.54, 1.807) is 35.4 Å². The van der Waals surface area contributed by atoms with Crippen LogP contribution < -0.4 is 10.6 Å². The second-order valence-electron chi connectivity index (χ2n) is 6.28. The topological polar surface area (TPSA) is 103 Å². The zero-order chi connectivity index (χ0) is 19.8. The maximum Gasteiger partial charge on any atom is 0.289 e. The molecule has 2 N–H and O–H groups in total. The van der Waals surface area contributed by atoms with E-state index < -0.39 is 0 Å². The summed E-state index contributed by atoms with van der Waals surface area (Å²) in [4.78, 5) is 32.6. The van der Waals surface area contributed by atoms with Crippen molar-refractivity contribution in [3.05, 3.63) is 48.3 Å². The first-order valence-electron chi connectivity index (χ1n) is 9.32. The third-order valence-corrected chi connectivity index (χ3v) is 4.35. The SMILES string of the molecule is CCNC(=NCC(=O)NCc1ccco1)N1CCN(C(=O)c2ccco2)CC1. The van der Waals surface area contributed by atoms with Crippen molar-refractivity contribution in [2.75, 3.05) is 39.3 Å². The molecule has 1 aliphatic heterocycles. The molecule has 1 fully saturated rings. The predicted octanol–water partition coefficient (Wildman–Crippen LogP) is 0.912. The van der Waals surface area contributed by atoms with Crippen LogP contribution in [0.1, 0.15) is 23.2 Å². The normalized spacial score (nSPS) is 14.8. The van der Waals surface area contributed by atoms with E-state index in [0.717, 1.165) is 0 Å². The molecular weight excluding hydrogens is 362 g/mol. The van der Waals surface area contributed by atoms with Crippen molar-refractivity contribution in [2.24, 2.45) is 4.99 Å². The predicted molar refractivity (Wildman–Crippen MR) is 103 cm³/mol. The van der Waals surface area contributed by atoms with E-state index in [9.17, 15) is 9.59 Å². The highest BCUT2D eigenvalue weighted by Gasteiger charge is 2.25. The van der Waals surface area contributed by atoms with Crippen molar-refractivity contribution < 1.29 is 18.4 Å². The van der Waals surface area contributed by atoms with Crippen molar-refractivity contribution in [1.82, 2.24) is 20.4 Å². The molecule has 1 saturated heterocycles. The Morgan fingerprint density at radius 2 is 1.75 bits per heavy atom.